The molecule has 0 bridgehead atoms. The molecule has 2 heteroatoms. The minimum absolute atomic E-state index is 0.0216. The van der Waals surface area contributed by atoms with Gasteiger partial charge in [0.2, 0.25) is 0 Å². The number of hydrogen-bond acceptors (Lipinski definition) is 2. The van der Waals surface area contributed by atoms with Crippen molar-refractivity contribution in [3.63, 3.8) is 0 Å². The monoisotopic (exact) mass is 617 g/mol. The Morgan fingerprint density at radius 1 is 0.426 bits per heavy atom. The number of nitrogens with zero attached hydrogens (tertiary/aromatic N) is 1. The molecule has 1 aliphatic carbocycles. The number of hydrogen-bond donors (Lipinski definition) is 0. The number of benzene rings is 8. The molecule has 8 aromatic rings. The maximum atomic E-state index is 2.46. The predicted octanol–water partition coefficient (Wildman–Crippen LogP) is 13.1. The van der Waals surface area contributed by atoms with Crippen LogP contribution in [0.25, 0.3) is 54.6 Å². The third kappa shape index (κ3) is 3.86. The zero-order valence-corrected chi connectivity index (χ0v) is 27.1. The molecule has 0 N–H and O–H groups in total. The highest BCUT2D eigenvalue weighted by Gasteiger charge is 2.35. The van der Waals surface area contributed by atoms with Crippen LogP contribution in [0.15, 0.2) is 161 Å². The number of para-hydroxylation sites is 1. The van der Waals surface area contributed by atoms with Crippen molar-refractivity contribution < 1.29 is 0 Å². The van der Waals surface area contributed by atoms with Crippen LogP contribution in [0.1, 0.15) is 25.0 Å². The van der Waals surface area contributed by atoms with Gasteiger partial charge >= 0.3 is 0 Å². The minimum atomic E-state index is -0.0216. The van der Waals surface area contributed by atoms with Crippen LogP contribution in [0, 0.1) is 0 Å². The third-order valence-electron chi connectivity index (χ3n) is 10.4. The number of rotatable bonds is 2. The van der Waals surface area contributed by atoms with E-state index >= 15 is 0 Å². The fourth-order valence-electron chi connectivity index (χ4n) is 8.13. The molecule has 0 atom stereocenters. The van der Waals surface area contributed by atoms with Gasteiger partial charge in [-0.1, -0.05) is 135 Å². The van der Waals surface area contributed by atoms with Crippen molar-refractivity contribution in [2.45, 2.75) is 29.1 Å². The van der Waals surface area contributed by atoms with Crippen LogP contribution in [0.4, 0.5) is 17.1 Å². The van der Waals surface area contributed by atoms with Gasteiger partial charge in [0.25, 0.3) is 0 Å². The van der Waals surface area contributed by atoms with Crippen LogP contribution in [0.3, 0.4) is 0 Å². The molecule has 1 nitrogen and oxygen atoms in total. The summed E-state index contributed by atoms with van der Waals surface area (Å²) in [6.07, 6.45) is 0. The summed E-state index contributed by atoms with van der Waals surface area (Å²) < 4.78 is 0. The Morgan fingerprint density at radius 2 is 1.00 bits per heavy atom. The van der Waals surface area contributed by atoms with E-state index in [4.69, 9.17) is 0 Å². The molecule has 2 aliphatic rings. The summed E-state index contributed by atoms with van der Waals surface area (Å²) >= 11 is 1.87. The van der Waals surface area contributed by atoms with Crippen molar-refractivity contribution in [3.8, 4) is 22.3 Å². The molecule has 0 aromatic heterocycles. The lowest BCUT2D eigenvalue weighted by Crippen LogP contribution is -2.15. The van der Waals surface area contributed by atoms with E-state index in [2.05, 4.69) is 170 Å². The molecule has 8 aromatic carbocycles. The van der Waals surface area contributed by atoms with Gasteiger partial charge in [0.05, 0.1) is 11.4 Å². The van der Waals surface area contributed by atoms with Crippen LogP contribution in [0.2, 0.25) is 0 Å². The quantitative estimate of drug-likeness (QED) is 0.178. The van der Waals surface area contributed by atoms with E-state index in [1.807, 2.05) is 11.8 Å². The van der Waals surface area contributed by atoms with E-state index in [1.54, 1.807) is 0 Å². The summed E-state index contributed by atoms with van der Waals surface area (Å²) in [5.74, 6) is 0. The Kier molecular flexibility index (Phi) is 5.63. The lowest BCUT2D eigenvalue weighted by Gasteiger charge is -2.33. The van der Waals surface area contributed by atoms with E-state index in [1.165, 1.54) is 92.6 Å². The molecule has 0 saturated heterocycles. The van der Waals surface area contributed by atoms with Crippen molar-refractivity contribution in [1.82, 2.24) is 0 Å². The molecule has 1 aliphatic heterocycles. The summed E-state index contributed by atoms with van der Waals surface area (Å²) in [6.45, 7) is 4.71. The smallest absolute Gasteiger partial charge is 0.0602 e. The Labute approximate surface area is 279 Å². The average molecular weight is 618 g/mol. The second-order valence-corrected chi connectivity index (χ2v) is 14.4. The summed E-state index contributed by atoms with van der Waals surface area (Å²) in [5.41, 5.74) is 11.7. The molecule has 0 amide bonds. The largest absolute Gasteiger partial charge is 0.308 e. The van der Waals surface area contributed by atoms with Gasteiger partial charge < -0.3 is 4.90 Å². The highest BCUT2D eigenvalue weighted by Crippen LogP contribution is 2.54. The van der Waals surface area contributed by atoms with E-state index in [0.717, 1.165) is 0 Å². The van der Waals surface area contributed by atoms with Crippen LogP contribution in [0.5, 0.6) is 0 Å². The molecule has 10 rings (SSSR count). The van der Waals surface area contributed by atoms with Crippen LogP contribution in [-0.2, 0) is 5.41 Å². The second-order valence-electron chi connectivity index (χ2n) is 13.3. The van der Waals surface area contributed by atoms with Crippen LogP contribution in [-0.4, -0.2) is 0 Å². The van der Waals surface area contributed by atoms with Crippen LogP contribution >= 0.6 is 11.8 Å². The van der Waals surface area contributed by atoms with E-state index < -0.39 is 0 Å². The molecule has 0 radical (unpaired) electrons. The molecule has 0 saturated carbocycles. The Hall–Kier alpha value is -5.31. The standard InChI is InChI=1S/C45H31NS/c1-45(2)39-16-8-7-15-36(39)37-22-19-28(25-40(37)45)29-20-24-42-44(26-29)47-43-18-10-9-17-41(43)46(42)30-21-23-35-33-13-4-3-11-31(33)32-12-5-6-14-34(32)38(35)27-30/h3-27H,1-2H3. The van der Waals surface area contributed by atoms with Gasteiger partial charge in [0.1, 0.15) is 0 Å². The molecular formula is C45H31NS. The number of anilines is 3. The van der Waals surface area contributed by atoms with Gasteiger partial charge in [0.15, 0.2) is 0 Å². The Bertz CT molecular complexity index is 2560. The van der Waals surface area contributed by atoms with Gasteiger partial charge in [-0.2, -0.15) is 0 Å². The molecule has 0 spiro atoms. The summed E-state index contributed by atoms with van der Waals surface area (Å²) in [7, 11) is 0. The lowest BCUT2D eigenvalue weighted by molar-refractivity contribution is 0.660. The molecular weight excluding hydrogens is 587 g/mol. The molecule has 47 heavy (non-hydrogen) atoms. The first-order valence-electron chi connectivity index (χ1n) is 16.4. The number of fused-ring (bicyclic) bond motifs is 11. The SMILES string of the molecule is CC1(C)c2ccccc2-c2ccc(-c3ccc4c(c3)Sc3ccccc3N4c3ccc4c5ccccc5c5ccccc5c4c3)cc21. The van der Waals surface area contributed by atoms with Crippen molar-refractivity contribution >= 4 is 61.1 Å². The van der Waals surface area contributed by atoms with Crippen molar-refractivity contribution in [3.05, 3.63) is 163 Å². The maximum Gasteiger partial charge on any atom is 0.0602 e. The minimum Gasteiger partial charge on any atom is -0.308 e. The van der Waals surface area contributed by atoms with Gasteiger partial charge in [-0.3, -0.25) is 0 Å². The third-order valence-corrected chi connectivity index (χ3v) is 11.5. The molecule has 0 fully saturated rings. The first-order chi connectivity index (χ1) is 23.1. The highest BCUT2D eigenvalue weighted by atomic mass is 32.2. The fourth-order valence-corrected chi connectivity index (χ4v) is 9.23. The summed E-state index contributed by atoms with van der Waals surface area (Å²) in [4.78, 5) is 5.00. The molecule has 222 valence electrons. The lowest BCUT2D eigenvalue weighted by atomic mass is 9.81. The Morgan fingerprint density at radius 3 is 1.79 bits per heavy atom. The second kappa shape index (κ2) is 9.84. The molecule has 1 heterocycles. The summed E-state index contributed by atoms with van der Waals surface area (Å²) in [6, 6.07) is 56.4. The normalized spacial score (nSPS) is 14.2. The fraction of sp³-hybridized carbons (Fsp3) is 0.0667. The zero-order chi connectivity index (χ0) is 31.3. The average Bonchev–Trinajstić information content (AvgIpc) is 3.36. The van der Waals surface area contributed by atoms with Crippen LogP contribution < -0.4 is 4.90 Å². The van der Waals surface area contributed by atoms with Gasteiger partial charge in [-0.15, -0.1) is 0 Å². The first kappa shape index (κ1) is 26.9. The van der Waals surface area contributed by atoms with E-state index in [0.29, 0.717) is 0 Å². The highest BCUT2D eigenvalue weighted by molar-refractivity contribution is 7.99. The van der Waals surface area contributed by atoms with Gasteiger partial charge in [-0.25, -0.2) is 0 Å². The Balaban J connectivity index is 1.14. The van der Waals surface area contributed by atoms with Gasteiger partial charge in [0, 0.05) is 20.9 Å². The predicted molar refractivity (Wildman–Crippen MR) is 201 cm³/mol. The van der Waals surface area contributed by atoms with E-state index in [9.17, 15) is 0 Å². The topological polar surface area (TPSA) is 3.24 Å². The van der Waals surface area contributed by atoms with Crippen molar-refractivity contribution in [2.75, 3.05) is 4.90 Å². The van der Waals surface area contributed by atoms with Crippen molar-refractivity contribution in [1.29, 1.82) is 0 Å². The molecule has 0 unspecified atom stereocenters. The maximum absolute atomic E-state index is 2.46. The van der Waals surface area contributed by atoms with Gasteiger partial charge in [-0.05, 0) is 108 Å². The summed E-state index contributed by atoms with van der Waals surface area (Å²) in [5, 5.41) is 7.77. The zero-order valence-electron chi connectivity index (χ0n) is 26.3. The van der Waals surface area contributed by atoms with Crippen molar-refractivity contribution in [2.24, 2.45) is 0 Å². The first-order valence-corrected chi connectivity index (χ1v) is 17.2. The van der Waals surface area contributed by atoms with E-state index in [-0.39, 0.29) is 5.41 Å².